The molecule has 0 aromatic rings. The maximum absolute atomic E-state index is 11.9. The summed E-state index contributed by atoms with van der Waals surface area (Å²) >= 11 is 0. The van der Waals surface area contributed by atoms with Gasteiger partial charge < -0.3 is 47.4 Å². The van der Waals surface area contributed by atoms with Crippen LogP contribution in [0.15, 0.2) is 0 Å². The highest BCUT2D eigenvalue weighted by molar-refractivity contribution is 5.87. The molecule has 20 heteroatoms. The SMILES string of the molecule is CCC(C)(C)C(=O)OC1(C)CCOC1=O.CCC(C)(C)C(=O)OC1C(=O)OCC1(C)C.CCC(C)(C)C(=O)OC1C(=O)OCC1C.CCC(C)(C)C(=O)OC1CCOC1=O.CCC(C)(C)C(=O)OC1COC(=O)C1. The molecule has 5 heterocycles. The topological polar surface area (TPSA) is 263 Å². The number of ether oxygens (including phenoxy) is 10. The summed E-state index contributed by atoms with van der Waals surface area (Å²) in [5.41, 5.74) is -4.16. The lowest BCUT2D eigenvalue weighted by Crippen LogP contribution is -2.40. The van der Waals surface area contributed by atoms with E-state index in [-0.39, 0.29) is 60.9 Å². The highest BCUT2D eigenvalue weighted by Crippen LogP contribution is 2.34. The summed E-state index contributed by atoms with van der Waals surface area (Å²) < 4.78 is 49.8. The first-order chi connectivity index (χ1) is 33.8. The molecule has 0 amide bonds. The molecule has 6 atom stereocenters. The van der Waals surface area contributed by atoms with Crippen LogP contribution in [0.1, 0.15) is 183 Å². The first-order valence-corrected chi connectivity index (χ1v) is 25.7. The van der Waals surface area contributed by atoms with Crippen LogP contribution in [-0.4, -0.2) is 123 Å². The van der Waals surface area contributed by atoms with Crippen molar-refractivity contribution >= 4 is 59.7 Å². The molecule has 0 bridgehead atoms. The van der Waals surface area contributed by atoms with Crippen molar-refractivity contribution in [2.24, 2.45) is 38.4 Å². The lowest BCUT2D eigenvalue weighted by molar-refractivity contribution is -0.177. The van der Waals surface area contributed by atoms with E-state index >= 15 is 0 Å². The zero-order valence-electron chi connectivity index (χ0n) is 47.7. The second kappa shape index (κ2) is 27.5. The fourth-order valence-electron chi connectivity index (χ4n) is 5.76. The molecule has 0 N–H and O–H groups in total. The van der Waals surface area contributed by atoms with E-state index in [9.17, 15) is 47.9 Å². The average molecular weight is 1060 g/mol. The molecule has 0 aromatic carbocycles. The molecule has 0 spiro atoms. The molecule has 6 unspecified atom stereocenters. The van der Waals surface area contributed by atoms with Crippen LogP contribution in [0.4, 0.5) is 0 Å². The predicted molar refractivity (Wildman–Crippen MR) is 266 cm³/mol. The van der Waals surface area contributed by atoms with Crippen molar-refractivity contribution in [3.8, 4) is 0 Å². The normalized spacial score (nSPS) is 24.1. The van der Waals surface area contributed by atoms with Crippen molar-refractivity contribution in [2.75, 3.05) is 33.0 Å². The van der Waals surface area contributed by atoms with E-state index in [1.807, 2.05) is 83.1 Å². The van der Waals surface area contributed by atoms with Gasteiger partial charge in [-0.1, -0.05) is 55.4 Å². The Balaban J connectivity index is 0.000000463. The monoisotopic (exact) mass is 1060 g/mol. The Morgan fingerprint density at radius 1 is 0.527 bits per heavy atom. The van der Waals surface area contributed by atoms with Gasteiger partial charge in [0, 0.05) is 24.2 Å². The molecule has 0 aromatic heterocycles. The van der Waals surface area contributed by atoms with Crippen LogP contribution in [0, 0.1) is 38.4 Å². The fourth-order valence-corrected chi connectivity index (χ4v) is 5.76. The Hall–Kier alpha value is -5.30. The quantitative estimate of drug-likeness (QED) is 0.112. The molecular formula is C54H88O20. The molecule has 74 heavy (non-hydrogen) atoms. The molecule has 5 rings (SSSR count). The smallest absolute Gasteiger partial charge is 0.350 e. The van der Waals surface area contributed by atoms with Crippen LogP contribution in [-0.2, 0) is 95.3 Å². The second-order valence-electron chi connectivity index (χ2n) is 23.3. The Labute approximate surface area is 438 Å². The number of cyclic esters (lactones) is 5. The van der Waals surface area contributed by atoms with Gasteiger partial charge in [-0.2, -0.15) is 0 Å². The average Bonchev–Trinajstić information content (AvgIpc) is 4.15. The fraction of sp³-hybridized carbons (Fsp3) is 0.815. The van der Waals surface area contributed by atoms with Gasteiger partial charge in [0.2, 0.25) is 23.9 Å². The molecule has 0 radical (unpaired) electrons. The summed E-state index contributed by atoms with van der Waals surface area (Å²) in [6, 6.07) is 0. The number of carbonyl (C=O) groups is 10. The van der Waals surface area contributed by atoms with Gasteiger partial charge in [0.15, 0.2) is 0 Å². The van der Waals surface area contributed by atoms with E-state index in [1.54, 1.807) is 48.5 Å². The minimum absolute atomic E-state index is 0.0471. The van der Waals surface area contributed by atoms with Crippen molar-refractivity contribution in [1.29, 1.82) is 0 Å². The zero-order chi connectivity index (χ0) is 57.4. The minimum atomic E-state index is -1.08. The molecule has 5 aliphatic rings. The summed E-state index contributed by atoms with van der Waals surface area (Å²) in [5, 5.41) is 0. The van der Waals surface area contributed by atoms with Crippen LogP contribution >= 0.6 is 0 Å². The van der Waals surface area contributed by atoms with Crippen LogP contribution in [0.3, 0.4) is 0 Å². The van der Waals surface area contributed by atoms with E-state index in [4.69, 9.17) is 47.4 Å². The largest absolute Gasteiger partial charge is 0.463 e. The van der Waals surface area contributed by atoms with Gasteiger partial charge in [-0.05, 0) is 108 Å². The zero-order valence-corrected chi connectivity index (χ0v) is 47.7. The predicted octanol–water partition coefficient (Wildman–Crippen LogP) is 7.68. The number of rotatable bonds is 15. The van der Waals surface area contributed by atoms with E-state index < -0.39 is 80.3 Å². The second-order valence-corrected chi connectivity index (χ2v) is 23.3. The van der Waals surface area contributed by atoms with Crippen molar-refractivity contribution in [2.45, 2.75) is 213 Å². The maximum atomic E-state index is 11.9. The Morgan fingerprint density at radius 2 is 0.986 bits per heavy atom. The highest BCUT2D eigenvalue weighted by Gasteiger charge is 2.49. The Kier molecular flexibility index (Phi) is 24.8. The van der Waals surface area contributed by atoms with Gasteiger partial charge >= 0.3 is 59.7 Å². The number of hydrogen-bond acceptors (Lipinski definition) is 20. The third kappa shape index (κ3) is 19.4. The van der Waals surface area contributed by atoms with E-state index in [2.05, 4.69) is 0 Å². The molecule has 5 saturated heterocycles. The molecule has 0 aliphatic carbocycles. The van der Waals surface area contributed by atoms with Crippen LogP contribution < -0.4 is 0 Å². The van der Waals surface area contributed by atoms with Gasteiger partial charge in [-0.25, -0.2) is 19.2 Å². The Morgan fingerprint density at radius 3 is 1.35 bits per heavy atom. The van der Waals surface area contributed by atoms with Gasteiger partial charge in [0.25, 0.3) is 0 Å². The molecule has 20 nitrogen and oxygen atoms in total. The molecule has 5 aliphatic heterocycles. The first-order valence-electron chi connectivity index (χ1n) is 25.7. The molecule has 0 saturated carbocycles. The van der Waals surface area contributed by atoms with Crippen molar-refractivity contribution < 1.29 is 95.3 Å². The van der Waals surface area contributed by atoms with Crippen LogP contribution in [0.5, 0.6) is 0 Å². The lowest BCUT2D eigenvalue weighted by Gasteiger charge is -2.27. The number of hydrogen-bond donors (Lipinski definition) is 0. The van der Waals surface area contributed by atoms with Gasteiger partial charge in [-0.15, -0.1) is 0 Å². The van der Waals surface area contributed by atoms with E-state index in [0.29, 0.717) is 71.4 Å². The minimum Gasteiger partial charge on any atom is -0.463 e. The first kappa shape index (κ1) is 66.7. The summed E-state index contributed by atoms with van der Waals surface area (Å²) in [5.74, 6) is -3.68. The number of esters is 10. The van der Waals surface area contributed by atoms with Crippen molar-refractivity contribution in [3.63, 3.8) is 0 Å². The van der Waals surface area contributed by atoms with Crippen LogP contribution in [0.2, 0.25) is 0 Å². The molecule has 424 valence electrons. The molecular weight excluding hydrogens is 969 g/mol. The Bertz CT molecular complexity index is 1990. The summed E-state index contributed by atoms with van der Waals surface area (Å²) in [7, 11) is 0. The standard InChI is InChI=1S/C12H20O4.2C11H18O4.2C10H16O4/c1-6-11(2,3)10(14)16-8-9(13)15-7-12(8,4)5;1-5-10(2,3)8(12)15-11(4)6-7-14-9(11)13;1-5-11(3,4)10(13)15-8-7(2)6-14-9(8)12;1-4-10(2,3)9(12)14-7-5-8(11)13-6-7;1-4-10(2,3)9(12)14-7-5-6-13-8(7)11/h8H,6-7H2,1-5H3;5-7H2,1-4H3;7-8H,5-6H2,1-4H3;2*7H,4-6H2,1-3H3. The van der Waals surface area contributed by atoms with Crippen molar-refractivity contribution in [3.05, 3.63) is 0 Å². The van der Waals surface area contributed by atoms with Gasteiger partial charge in [-0.3, -0.25) is 28.8 Å². The molecule has 5 fully saturated rings. The summed E-state index contributed by atoms with van der Waals surface area (Å²) in [4.78, 5) is 114. The highest BCUT2D eigenvalue weighted by atomic mass is 16.6. The summed E-state index contributed by atoms with van der Waals surface area (Å²) in [6.07, 6.45) is 1.98. The van der Waals surface area contributed by atoms with Crippen LogP contribution in [0.25, 0.3) is 0 Å². The van der Waals surface area contributed by atoms with E-state index in [0.717, 1.165) is 0 Å². The van der Waals surface area contributed by atoms with Gasteiger partial charge in [0.05, 0.1) is 53.3 Å². The number of carbonyl (C=O) groups excluding carboxylic acids is 10. The summed E-state index contributed by atoms with van der Waals surface area (Å²) in [6.45, 7) is 36.3. The van der Waals surface area contributed by atoms with E-state index in [1.165, 1.54) is 0 Å². The lowest BCUT2D eigenvalue weighted by atomic mass is 9.88. The van der Waals surface area contributed by atoms with Gasteiger partial charge in [0.1, 0.15) is 19.3 Å². The maximum Gasteiger partial charge on any atom is 0.350 e. The van der Waals surface area contributed by atoms with Crippen molar-refractivity contribution in [1.82, 2.24) is 0 Å². The third-order valence-electron chi connectivity index (χ3n) is 14.2. The third-order valence-corrected chi connectivity index (χ3v) is 14.2.